The molecule has 100 valence electrons. The van der Waals surface area contributed by atoms with E-state index in [1.165, 1.54) is 11.1 Å². The van der Waals surface area contributed by atoms with E-state index in [4.69, 9.17) is 0 Å². The second kappa shape index (κ2) is 5.84. The number of benzene rings is 1. The SMILES string of the molecule is Cc1csc(Nc2ncccc2Cc2ccccc2)n1. The van der Waals surface area contributed by atoms with Crippen LogP contribution in [0.4, 0.5) is 10.9 Å². The molecule has 0 spiro atoms. The summed E-state index contributed by atoms with van der Waals surface area (Å²) in [6, 6.07) is 14.5. The van der Waals surface area contributed by atoms with E-state index in [0.717, 1.165) is 23.1 Å². The molecule has 0 bridgehead atoms. The van der Waals surface area contributed by atoms with Crippen LogP contribution < -0.4 is 5.32 Å². The Morgan fingerprint density at radius 3 is 2.70 bits per heavy atom. The molecule has 0 aliphatic heterocycles. The minimum atomic E-state index is 0.862. The van der Waals surface area contributed by atoms with Crippen molar-refractivity contribution in [1.29, 1.82) is 0 Å². The molecular weight excluding hydrogens is 266 g/mol. The summed E-state index contributed by atoms with van der Waals surface area (Å²) in [6.45, 7) is 1.99. The number of hydrogen-bond donors (Lipinski definition) is 1. The molecule has 3 rings (SSSR count). The van der Waals surface area contributed by atoms with E-state index in [1.54, 1.807) is 17.5 Å². The van der Waals surface area contributed by atoms with E-state index < -0.39 is 0 Å². The third kappa shape index (κ3) is 3.03. The molecule has 0 atom stereocenters. The molecule has 0 radical (unpaired) electrons. The number of nitrogens with one attached hydrogen (secondary N) is 1. The smallest absolute Gasteiger partial charge is 0.188 e. The number of hydrogen-bond acceptors (Lipinski definition) is 4. The lowest BCUT2D eigenvalue weighted by Gasteiger charge is -2.08. The first kappa shape index (κ1) is 12.8. The van der Waals surface area contributed by atoms with Crippen molar-refractivity contribution in [2.45, 2.75) is 13.3 Å². The minimum absolute atomic E-state index is 0.862. The molecule has 3 aromatic rings. The van der Waals surface area contributed by atoms with Crippen molar-refractivity contribution >= 4 is 22.3 Å². The molecule has 0 fully saturated rings. The van der Waals surface area contributed by atoms with E-state index in [0.29, 0.717) is 0 Å². The van der Waals surface area contributed by atoms with E-state index in [1.807, 2.05) is 24.4 Å². The fourth-order valence-electron chi connectivity index (χ4n) is 2.02. The summed E-state index contributed by atoms with van der Waals surface area (Å²) >= 11 is 1.60. The third-order valence-corrected chi connectivity index (χ3v) is 3.85. The lowest BCUT2D eigenvalue weighted by molar-refractivity contribution is 1.14. The lowest BCUT2D eigenvalue weighted by Crippen LogP contribution is -1.99. The van der Waals surface area contributed by atoms with Gasteiger partial charge in [0.25, 0.3) is 0 Å². The van der Waals surface area contributed by atoms with Gasteiger partial charge >= 0.3 is 0 Å². The Kier molecular flexibility index (Phi) is 3.74. The summed E-state index contributed by atoms with van der Waals surface area (Å²) < 4.78 is 0. The monoisotopic (exact) mass is 281 g/mol. The Morgan fingerprint density at radius 1 is 1.10 bits per heavy atom. The highest BCUT2D eigenvalue weighted by Gasteiger charge is 2.06. The van der Waals surface area contributed by atoms with Gasteiger partial charge < -0.3 is 5.32 Å². The van der Waals surface area contributed by atoms with Crippen LogP contribution in [-0.2, 0) is 6.42 Å². The first-order chi connectivity index (χ1) is 9.81. The van der Waals surface area contributed by atoms with Crippen LogP contribution in [0.15, 0.2) is 54.0 Å². The van der Waals surface area contributed by atoms with Crippen molar-refractivity contribution < 1.29 is 0 Å². The molecule has 0 aliphatic carbocycles. The molecule has 1 N–H and O–H groups in total. The number of aromatic nitrogens is 2. The standard InChI is InChI=1S/C16H15N3S/c1-12-11-20-16(18-12)19-15-14(8-5-9-17-15)10-13-6-3-2-4-7-13/h2-9,11H,10H2,1H3,(H,17,18,19). The highest BCUT2D eigenvalue weighted by Crippen LogP contribution is 2.23. The van der Waals surface area contributed by atoms with Gasteiger partial charge in [-0.05, 0) is 24.1 Å². The summed E-state index contributed by atoms with van der Waals surface area (Å²) in [5.41, 5.74) is 3.48. The Morgan fingerprint density at radius 2 is 1.95 bits per heavy atom. The summed E-state index contributed by atoms with van der Waals surface area (Å²) in [7, 11) is 0. The van der Waals surface area contributed by atoms with Gasteiger partial charge in [0.05, 0.1) is 5.69 Å². The van der Waals surface area contributed by atoms with Crippen molar-refractivity contribution in [3.05, 3.63) is 70.9 Å². The predicted molar refractivity (Wildman–Crippen MR) is 83.6 cm³/mol. The highest BCUT2D eigenvalue weighted by atomic mass is 32.1. The molecule has 4 heteroatoms. The lowest BCUT2D eigenvalue weighted by atomic mass is 10.1. The molecule has 1 aromatic carbocycles. The van der Waals surface area contributed by atoms with Gasteiger partial charge in [0.1, 0.15) is 5.82 Å². The van der Waals surface area contributed by atoms with Crippen LogP contribution in [0.2, 0.25) is 0 Å². The maximum atomic E-state index is 4.43. The Balaban J connectivity index is 1.84. The number of aryl methyl sites for hydroxylation is 1. The molecule has 0 saturated carbocycles. The largest absolute Gasteiger partial charge is 0.316 e. The Labute approximate surface area is 122 Å². The van der Waals surface area contributed by atoms with Crippen LogP contribution in [0, 0.1) is 6.92 Å². The fraction of sp³-hybridized carbons (Fsp3) is 0.125. The zero-order valence-electron chi connectivity index (χ0n) is 11.2. The van der Waals surface area contributed by atoms with Gasteiger partial charge in [-0.1, -0.05) is 36.4 Å². The Hall–Kier alpha value is -2.20. The maximum absolute atomic E-state index is 4.43. The Bertz CT molecular complexity index is 692. The highest BCUT2D eigenvalue weighted by molar-refractivity contribution is 7.13. The van der Waals surface area contributed by atoms with Gasteiger partial charge in [0, 0.05) is 18.0 Å². The molecule has 2 aromatic heterocycles. The summed E-state index contributed by atoms with van der Waals surface area (Å²) in [5, 5.41) is 6.22. The van der Waals surface area contributed by atoms with Gasteiger partial charge in [0.2, 0.25) is 0 Å². The molecule has 0 saturated heterocycles. The summed E-state index contributed by atoms with van der Waals surface area (Å²) in [6.07, 6.45) is 2.67. The molecular formula is C16H15N3S. The van der Waals surface area contributed by atoms with Crippen LogP contribution in [0.5, 0.6) is 0 Å². The van der Waals surface area contributed by atoms with Crippen molar-refractivity contribution in [1.82, 2.24) is 9.97 Å². The first-order valence-electron chi connectivity index (χ1n) is 6.48. The van der Waals surface area contributed by atoms with Gasteiger partial charge in [-0.15, -0.1) is 11.3 Å². The fourth-order valence-corrected chi connectivity index (χ4v) is 2.71. The van der Waals surface area contributed by atoms with Crippen LogP contribution in [0.25, 0.3) is 0 Å². The van der Waals surface area contributed by atoms with Gasteiger partial charge in [-0.2, -0.15) is 0 Å². The van der Waals surface area contributed by atoms with Crippen molar-refractivity contribution in [2.75, 3.05) is 5.32 Å². The van der Waals surface area contributed by atoms with E-state index in [-0.39, 0.29) is 0 Å². The second-order valence-corrected chi connectivity index (χ2v) is 5.45. The molecule has 0 unspecified atom stereocenters. The maximum Gasteiger partial charge on any atom is 0.188 e. The van der Waals surface area contributed by atoms with E-state index >= 15 is 0 Å². The van der Waals surface area contributed by atoms with Gasteiger partial charge in [0.15, 0.2) is 5.13 Å². The topological polar surface area (TPSA) is 37.8 Å². The molecule has 2 heterocycles. The van der Waals surface area contributed by atoms with Crippen molar-refractivity contribution in [2.24, 2.45) is 0 Å². The molecule has 0 aliphatic rings. The molecule has 20 heavy (non-hydrogen) atoms. The average molecular weight is 281 g/mol. The predicted octanol–water partition coefficient (Wildman–Crippen LogP) is 4.18. The molecule has 0 amide bonds. The quantitative estimate of drug-likeness (QED) is 0.779. The second-order valence-electron chi connectivity index (χ2n) is 4.59. The van der Waals surface area contributed by atoms with Crippen molar-refractivity contribution in [3.63, 3.8) is 0 Å². The zero-order chi connectivity index (χ0) is 13.8. The van der Waals surface area contributed by atoms with E-state index in [9.17, 15) is 0 Å². The van der Waals surface area contributed by atoms with Crippen LogP contribution >= 0.6 is 11.3 Å². The van der Waals surface area contributed by atoms with Gasteiger partial charge in [-0.3, -0.25) is 0 Å². The number of nitrogens with zero attached hydrogens (tertiary/aromatic N) is 2. The summed E-state index contributed by atoms with van der Waals surface area (Å²) in [4.78, 5) is 8.86. The van der Waals surface area contributed by atoms with E-state index in [2.05, 4.69) is 45.6 Å². The summed E-state index contributed by atoms with van der Waals surface area (Å²) in [5.74, 6) is 0.880. The molecule has 3 nitrogen and oxygen atoms in total. The normalized spacial score (nSPS) is 10.4. The zero-order valence-corrected chi connectivity index (χ0v) is 12.0. The average Bonchev–Trinajstić information content (AvgIpc) is 2.88. The minimum Gasteiger partial charge on any atom is -0.316 e. The number of pyridine rings is 1. The van der Waals surface area contributed by atoms with Crippen LogP contribution in [0.1, 0.15) is 16.8 Å². The van der Waals surface area contributed by atoms with Crippen LogP contribution in [0.3, 0.4) is 0 Å². The number of rotatable bonds is 4. The number of thiazole rings is 1. The van der Waals surface area contributed by atoms with Gasteiger partial charge in [-0.25, -0.2) is 9.97 Å². The first-order valence-corrected chi connectivity index (χ1v) is 7.36. The number of anilines is 2. The third-order valence-electron chi connectivity index (χ3n) is 2.97. The van der Waals surface area contributed by atoms with Crippen molar-refractivity contribution in [3.8, 4) is 0 Å². The van der Waals surface area contributed by atoms with Crippen LogP contribution in [-0.4, -0.2) is 9.97 Å².